The SMILES string of the molecule is CC(C)[Si](F)(Cl)c1ccccc1. The average molecular weight is 203 g/mol. The van der Waals surface area contributed by atoms with Crippen LogP contribution in [-0.4, -0.2) is 7.72 Å². The molecule has 0 aliphatic rings. The zero-order chi connectivity index (χ0) is 9.19. The molecule has 66 valence electrons. The van der Waals surface area contributed by atoms with Crippen LogP contribution in [0, 0.1) is 0 Å². The lowest BCUT2D eigenvalue weighted by atomic mass is 10.4. The Hall–Kier alpha value is -0.343. The highest BCUT2D eigenvalue weighted by molar-refractivity contribution is 7.24. The number of hydrogen-bond acceptors (Lipinski definition) is 0. The van der Waals surface area contributed by atoms with Gasteiger partial charge < -0.3 is 0 Å². The predicted octanol–water partition coefficient (Wildman–Crippen LogP) is 2.95. The van der Waals surface area contributed by atoms with Gasteiger partial charge in [-0.1, -0.05) is 44.2 Å². The lowest BCUT2D eigenvalue weighted by Crippen LogP contribution is -2.40. The minimum Gasteiger partial charge on any atom is -0.287 e. The van der Waals surface area contributed by atoms with Crippen molar-refractivity contribution in [2.75, 3.05) is 0 Å². The van der Waals surface area contributed by atoms with Crippen molar-refractivity contribution in [3.05, 3.63) is 30.3 Å². The van der Waals surface area contributed by atoms with Gasteiger partial charge in [0.25, 0.3) is 0 Å². The Balaban J connectivity index is 2.98. The van der Waals surface area contributed by atoms with E-state index in [2.05, 4.69) is 0 Å². The summed E-state index contributed by atoms with van der Waals surface area (Å²) in [5, 5.41) is 0.668. The van der Waals surface area contributed by atoms with Crippen molar-refractivity contribution in [3.63, 3.8) is 0 Å². The molecule has 1 aromatic rings. The monoisotopic (exact) mass is 202 g/mol. The van der Waals surface area contributed by atoms with Gasteiger partial charge in [-0.2, -0.15) is 0 Å². The van der Waals surface area contributed by atoms with Crippen LogP contribution in [0.4, 0.5) is 4.11 Å². The van der Waals surface area contributed by atoms with Gasteiger partial charge in [-0.05, 0) is 10.7 Å². The van der Waals surface area contributed by atoms with E-state index in [1.165, 1.54) is 0 Å². The molecule has 0 fully saturated rings. The first kappa shape index (κ1) is 9.74. The first-order valence-corrected chi connectivity index (χ1v) is 6.95. The van der Waals surface area contributed by atoms with E-state index in [0.717, 1.165) is 0 Å². The number of halogens is 2. The number of rotatable bonds is 2. The number of benzene rings is 1. The van der Waals surface area contributed by atoms with Crippen LogP contribution >= 0.6 is 11.1 Å². The molecule has 0 saturated heterocycles. The van der Waals surface area contributed by atoms with E-state index in [0.29, 0.717) is 5.19 Å². The van der Waals surface area contributed by atoms with Gasteiger partial charge in [-0.3, -0.25) is 4.11 Å². The maximum atomic E-state index is 13.8. The molecule has 0 spiro atoms. The van der Waals surface area contributed by atoms with E-state index in [9.17, 15) is 4.11 Å². The molecule has 0 aliphatic carbocycles. The van der Waals surface area contributed by atoms with Crippen molar-refractivity contribution in [1.29, 1.82) is 0 Å². The lowest BCUT2D eigenvalue weighted by Gasteiger charge is -2.18. The van der Waals surface area contributed by atoms with Gasteiger partial charge in [0, 0.05) is 0 Å². The normalized spacial score (nSPS) is 16.1. The van der Waals surface area contributed by atoms with Crippen molar-refractivity contribution in [3.8, 4) is 0 Å². The van der Waals surface area contributed by atoms with Gasteiger partial charge in [0.05, 0.1) is 0 Å². The molecule has 0 N–H and O–H groups in total. The second-order valence-electron chi connectivity index (χ2n) is 3.14. The van der Waals surface area contributed by atoms with Crippen molar-refractivity contribution >= 4 is 24.0 Å². The topological polar surface area (TPSA) is 0 Å². The fraction of sp³-hybridized carbons (Fsp3) is 0.333. The van der Waals surface area contributed by atoms with E-state index in [1.54, 1.807) is 12.1 Å². The molecule has 0 aromatic heterocycles. The highest BCUT2D eigenvalue weighted by Crippen LogP contribution is 2.25. The van der Waals surface area contributed by atoms with Crippen LogP contribution in [0.25, 0.3) is 0 Å². The third-order valence-corrected chi connectivity index (χ3v) is 6.40. The Morgan fingerprint density at radius 1 is 1.25 bits per heavy atom. The van der Waals surface area contributed by atoms with E-state index in [4.69, 9.17) is 11.1 Å². The smallest absolute Gasteiger partial charge is 0.287 e. The van der Waals surface area contributed by atoms with Crippen LogP contribution < -0.4 is 5.19 Å². The molecule has 0 heterocycles. The molecule has 1 aromatic carbocycles. The van der Waals surface area contributed by atoms with E-state index >= 15 is 0 Å². The van der Waals surface area contributed by atoms with Crippen LogP contribution in [0.1, 0.15) is 13.8 Å². The maximum Gasteiger partial charge on any atom is 0.372 e. The summed E-state index contributed by atoms with van der Waals surface area (Å²) in [6.45, 7) is 3.65. The molecule has 0 saturated carbocycles. The van der Waals surface area contributed by atoms with E-state index in [1.807, 2.05) is 32.0 Å². The minimum absolute atomic E-state index is 0.0819. The Kier molecular flexibility index (Phi) is 2.91. The second-order valence-corrected chi connectivity index (χ2v) is 7.77. The highest BCUT2D eigenvalue weighted by atomic mass is 35.6. The molecule has 1 atom stereocenters. The third kappa shape index (κ3) is 1.87. The molecule has 1 unspecified atom stereocenters. The molecule has 0 amide bonds. The van der Waals surface area contributed by atoms with Gasteiger partial charge in [-0.25, -0.2) is 0 Å². The van der Waals surface area contributed by atoms with Crippen molar-refractivity contribution in [2.24, 2.45) is 0 Å². The van der Waals surface area contributed by atoms with Crippen LogP contribution in [0.2, 0.25) is 5.54 Å². The summed E-state index contributed by atoms with van der Waals surface area (Å²) < 4.78 is 13.8. The second kappa shape index (κ2) is 3.58. The zero-order valence-electron chi connectivity index (χ0n) is 7.22. The molecule has 0 aliphatic heterocycles. The standard InChI is InChI=1S/C9H12ClFSi/c1-8(2)12(10,11)9-6-4-3-5-7-9/h3-8H,1-2H3. The maximum absolute atomic E-state index is 13.8. The van der Waals surface area contributed by atoms with Crippen molar-refractivity contribution in [2.45, 2.75) is 19.4 Å². The van der Waals surface area contributed by atoms with Crippen molar-refractivity contribution in [1.82, 2.24) is 0 Å². The molecule has 1 rings (SSSR count). The molecule has 12 heavy (non-hydrogen) atoms. The predicted molar refractivity (Wildman–Crippen MR) is 53.9 cm³/mol. The van der Waals surface area contributed by atoms with Gasteiger partial charge in [-0.15, -0.1) is 11.1 Å². The fourth-order valence-corrected chi connectivity index (χ4v) is 2.68. The quantitative estimate of drug-likeness (QED) is 0.511. The van der Waals surface area contributed by atoms with Gasteiger partial charge in [0.1, 0.15) is 0 Å². The van der Waals surface area contributed by atoms with Gasteiger partial charge >= 0.3 is 7.72 Å². The number of hydrogen-bond donors (Lipinski definition) is 0. The first-order valence-electron chi connectivity index (χ1n) is 3.98. The molecule has 0 nitrogen and oxygen atoms in total. The molecule has 3 heteroatoms. The summed E-state index contributed by atoms with van der Waals surface area (Å²) in [5.41, 5.74) is -0.0819. The summed E-state index contributed by atoms with van der Waals surface area (Å²) in [4.78, 5) is 0. The summed E-state index contributed by atoms with van der Waals surface area (Å²) >= 11 is 5.87. The van der Waals surface area contributed by atoms with Crippen LogP contribution in [-0.2, 0) is 0 Å². The lowest BCUT2D eigenvalue weighted by molar-refractivity contribution is 0.782. The van der Waals surface area contributed by atoms with Gasteiger partial charge in [0.15, 0.2) is 0 Å². The largest absolute Gasteiger partial charge is 0.372 e. The molecular formula is C9H12ClFSi. The molecular weight excluding hydrogens is 191 g/mol. The highest BCUT2D eigenvalue weighted by Gasteiger charge is 2.37. The zero-order valence-corrected chi connectivity index (χ0v) is 8.98. The summed E-state index contributed by atoms with van der Waals surface area (Å²) in [6.07, 6.45) is 0. The summed E-state index contributed by atoms with van der Waals surface area (Å²) in [5.74, 6) is 0. The van der Waals surface area contributed by atoms with Crippen LogP contribution in [0.5, 0.6) is 0 Å². The summed E-state index contributed by atoms with van der Waals surface area (Å²) in [6, 6.07) is 9.03. The van der Waals surface area contributed by atoms with Crippen LogP contribution in [0.15, 0.2) is 30.3 Å². The van der Waals surface area contributed by atoms with Crippen molar-refractivity contribution < 1.29 is 4.11 Å². The molecule has 0 radical (unpaired) electrons. The Morgan fingerprint density at radius 3 is 2.17 bits per heavy atom. The molecule has 0 bridgehead atoms. The average Bonchev–Trinajstić information content (AvgIpc) is 2.06. The first-order chi connectivity index (χ1) is 5.55. The van der Waals surface area contributed by atoms with E-state index in [-0.39, 0.29) is 5.54 Å². The van der Waals surface area contributed by atoms with Crippen LogP contribution in [0.3, 0.4) is 0 Å². The Morgan fingerprint density at radius 2 is 1.75 bits per heavy atom. The fourth-order valence-electron chi connectivity index (χ4n) is 0.994. The van der Waals surface area contributed by atoms with E-state index < -0.39 is 7.72 Å². The Labute approximate surface area is 78.3 Å². The van der Waals surface area contributed by atoms with Gasteiger partial charge in [0.2, 0.25) is 0 Å². The summed E-state index contributed by atoms with van der Waals surface area (Å²) in [7, 11) is -3.18. The third-order valence-electron chi connectivity index (χ3n) is 1.88. The minimum atomic E-state index is -3.18. The Bertz CT molecular complexity index is 246.